The zero-order chi connectivity index (χ0) is 11.7. The molecule has 0 fully saturated rings. The molecule has 2 aromatic heterocycles. The van der Waals surface area contributed by atoms with E-state index >= 15 is 0 Å². The number of nitrogens with zero attached hydrogens (tertiary/aromatic N) is 2. The van der Waals surface area contributed by atoms with Gasteiger partial charge in [0.2, 0.25) is 0 Å². The Bertz CT molecular complexity index is 545. The highest BCUT2D eigenvalue weighted by Gasteiger charge is 2.11. The molecule has 0 aliphatic carbocycles. The molecule has 0 amide bonds. The minimum absolute atomic E-state index is 0.0797. The number of aliphatic hydroxyl groups excluding tert-OH is 1. The average molecular weight is 220 g/mol. The van der Waals surface area contributed by atoms with Gasteiger partial charge < -0.3 is 14.4 Å². The summed E-state index contributed by atoms with van der Waals surface area (Å²) in [6.07, 6.45) is 3.26. The lowest BCUT2D eigenvalue weighted by atomic mass is 10.2. The van der Waals surface area contributed by atoms with Crippen LogP contribution in [-0.2, 0) is 18.4 Å². The lowest BCUT2D eigenvalue weighted by molar-refractivity contribution is 0.0600. The van der Waals surface area contributed by atoms with Crippen LogP contribution < -0.4 is 0 Å². The number of methoxy groups -OCH3 is 1. The molecule has 84 valence electrons. The zero-order valence-electron chi connectivity index (χ0n) is 9.10. The van der Waals surface area contributed by atoms with E-state index in [-0.39, 0.29) is 6.61 Å². The molecule has 0 radical (unpaired) electrons. The monoisotopic (exact) mass is 220 g/mol. The molecule has 16 heavy (non-hydrogen) atoms. The van der Waals surface area contributed by atoms with Crippen LogP contribution in [0, 0.1) is 0 Å². The molecule has 0 unspecified atom stereocenters. The number of hydrogen-bond acceptors (Lipinski definition) is 4. The maximum Gasteiger partial charge on any atom is 0.339 e. The van der Waals surface area contributed by atoms with Gasteiger partial charge in [-0.05, 0) is 6.07 Å². The second-order valence-electron chi connectivity index (χ2n) is 3.51. The number of ether oxygens (including phenoxy) is 1. The molecule has 5 nitrogen and oxygen atoms in total. The summed E-state index contributed by atoms with van der Waals surface area (Å²) in [7, 11) is 3.16. The second-order valence-corrected chi connectivity index (χ2v) is 3.51. The summed E-state index contributed by atoms with van der Waals surface area (Å²) in [5.41, 5.74) is 1.86. The molecular formula is C11H12N2O3. The fourth-order valence-electron chi connectivity index (χ4n) is 1.69. The third-order valence-corrected chi connectivity index (χ3v) is 2.49. The van der Waals surface area contributed by atoms with E-state index in [0.717, 1.165) is 16.6 Å². The summed E-state index contributed by atoms with van der Waals surface area (Å²) in [4.78, 5) is 15.5. The quantitative estimate of drug-likeness (QED) is 0.762. The maximum atomic E-state index is 11.3. The Labute approximate surface area is 92.3 Å². The Kier molecular flexibility index (Phi) is 2.62. The van der Waals surface area contributed by atoms with Crippen LogP contribution in [0.4, 0.5) is 0 Å². The molecule has 2 aromatic rings. The fraction of sp³-hybridized carbons (Fsp3) is 0.273. The molecule has 0 atom stereocenters. The molecule has 0 saturated carbocycles. The summed E-state index contributed by atoms with van der Waals surface area (Å²) in [5, 5.41) is 9.95. The van der Waals surface area contributed by atoms with Gasteiger partial charge >= 0.3 is 5.97 Å². The number of fused-ring (bicyclic) bond motifs is 1. The second kappa shape index (κ2) is 3.94. The van der Waals surface area contributed by atoms with Crippen molar-refractivity contribution in [3.8, 4) is 0 Å². The van der Waals surface area contributed by atoms with Gasteiger partial charge in [-0.1, -0.05) is 0 Å². The van der Waals surface area contributed by atoms with Crippen molar-refractivity contribution in [2.75, 3.05) is 7.11 Å². The van der Waals surface area contributed by atoms with Crippen LogP contribution in [0.5, 0.6) is 0 Å². The van der Waals surface area contributed by atoms with Crippen LogP contribution in [0.15, 0.2) is 18.5 Å². The van der Waals surface area contributed by atoms with Crippen LogP contribution in [0.3, 0.4) is 0 Å². The van der Waals surface area contributed by atoms with Gasteiger partial charge in [0.15, 0.2) is 0 Å². The Morgan fingerprint density at radius 1 is 1.62 bits per heavy atom. The fourth-order valence-corrected chi connectivity index (χ4v) is 1.69. The third-order valence-electron chi connectivity index (χ3n) is 2.49. The van der Waals surface area contributed by atoms with Crippen molar-refractivity contribution >= 4 is 17.0 Å². The lowest BCUT2D eigenvalue weighted by Crippen LogP contribution is -2.02. The SMILES string of the molecule is COC(=O)c1cnc2c(c1)c(CO)cn2C. The van der Waals surface area contributed by atoms with Crippen molar-refractivity contribution in [2.24, 2.45) is 7.05 Å². The molecule has 2 heterocycles. The molecule has 2 rings (SSSR count). The van der Waals surface area contributed by atoms with Crippen molar-refractivity contribution < 1.29 is 14.6 Å². The van der Waals surface area contributed by atoms with Gasteiger partial charge in [-0.25, -0.2) is 9.78 Å². The zero-order valence-corrected chi connectivity index (χ0v) is 9.10. The Hall–Kier alpha value is -1.88. The third kappa shape index (κ3) is 1.55. The van der Waals surface area contributed by atoms with E-state index in [1.54, 1.807) is 12.3 Å². The van der Waals surface area contributed by atoms with Crippen LogP contribution >= 0.6 is 0 Å². The molecule has 0 aliphatic rings. The first-order chi connectivity index (χ1) is 7.67. The van der Waals surface area contributed by atoms with E-state index in [0.29, 0.717) is 5.56 Å². The first-order valence-corrected chi connectivity index (χ1v) is 4.80. The van der Waals surface area contributed by atoms with E-state index in [9.17, 15) is 9.90 Å². The molecule has 1 N–H and O–H groups in total. The first kappa shape index (κ1) is 10.6. The van der Waals surface area contributed by atoms with E-state index in [4.69, 9.17) is 0 Å². The number of hydrogen-bond donors (Lipinski definition) is 1. The molecule has 5 heteroatoms. The van der Waals surface area contributed by atoms with Gasteiger partial charge in [-0.15, -0.1) is 0 Å². The van der Waals surface area contributed by atoms with Crippen molar-refractivity contribution in [3.05, 3.63) is 29.6 Å². The number of rotatable bonds is 2. The van der Waals surface area contributed by atoms with Crippen molar-refractivity contribution in [2.45, 2.75) is 6.61 Å². The summed E-state index contributed by atoms with van der Waals surface area (Å²) in [6, 6.07) is 1.68. The highest BCUT2D eigenvalue weighted by molar-refractivity contribution is 5.94. The van der Waals surface area contributed by atoms with Crippen molar-refractivity contribution in [1.82, 2.24) is 9.55 Å². The van der Waals surface area contributed by atoms with E-state index < -0.39 is 5.97 Å². The molecule has 0 aromatic carbocycles. The first-order valence-electron chi connectivity index (χ1n) is 4.80. The molecule has 0 spiro atoms. The highest BCUT2D eigenvalue weighted by Crippen LogP contribution is 2.20. The van der Waals surface area contributed by atoms with Gasteiger partial charge in [0.25, 0.3) is 0 Å². The van der Waals surface area contributed by atoms with Crippen LogP contribution in [-0.4, -0.2) is 27.7 Å². The lowest BCUT2D eigenvalue weighted by Gasteiger charge is -2.00. The van der Waals surface area contributed by atoms with E-state index in [2.05, 4.69) is 9.72 Å². The predicted octanol–water partition coefficient (Wildman–Crippen LogP) is 0.852. The number of carbonyl (C=O) groups is 1. The average Bonchev–Trinajstić information content (AvgIpc) is 2.64. The molecule has 0 aliphatic heterocycles. The number of carbonyl (C=O) groups excluding carboxylic acids is 1. The Morgan fingerprint density at radius 2 is 2.38 bits per heavy atom. The molecule has 0 bridgehead atoms. The van der Waals surface area contributed by atoms with Gasteiger partial charge in [-0.3, -0.25) is 0 Å². The predicted molar refractivity (Wildman–Crippen MR) is 58.0 cm³/mol. The smallest absolute Gasteiger partial charge is 0.339 e. The van der Waals surface area contributed by atoms with Crippen molar-refractivity contribution in [1.29, 1.82) is 0 Å². The summed E-state index contributed by atoms with van der Waals surface area (Å²) < 4.78 is 6.42. The van der Waals surface area contributed by atoms with Crippen LogP contribution in [0.25, 0.3) is 11.0 Å². The normalized spacial score (nSPS) is 10.7. The van der Waals surface area contributed by atoms with Gasteiger partial charge in [0, 0.05) is 30.4 Å². The van der Waals surface area contributed by atoms with Gasteiger partial charge in [0.1, 0.15) is 5.65 Å². The minimum Gasteiger partial charge on any atom is -0.465 e. The van der Waals surface area contributed by atoms with E-state index in [1.165, 1.54) is 13.3 Å². The highest BCUT2D eigenvalue weighted by atomic mass is 16.5. The van der Waals surface area contributed by atoms with Gasteiger partial charge in [-0.2, -0.15) is 0 Å². The van der Waals surface area contributed by atoms with Crippen LogP contribution in [0.2, 0.25) is 0 Å². The van der Waals surface area contributed by atoms with Crippen LogP contribution in [0.1, 0.15) is 15.9 Å². The number of aromatic nitrogens is 2. The summed E-state index contributed by atoms with van der Waals surface area (Å²) >= 11 is 0. The molecule has 0 saturated heterocycles. The summed E-state index contributed by atoms with van der Waals surface area (Å²) in [5.74, 6) is -0.429. The largest absolute Gasteiger partial charge is 0.465 e. The topological polar surface area (TPSA) is 64.3 Å². The summed E-state index contributed by atoms with van der Waals surface area (Å²) in [6.45, 7) is -0.0797. The number of aryl methyl sites for hydroxylation is 1. The Morgan fingerprint density at radius 3 is 3.00 bits per heavy atom. The Balaban J connectivity index is 2.64. The number of aliphatic hydroxyl groups is 1. The standard InChI is InChI=1S/C11H12N2O3/c1-13-5-8(6-14)9-3-7(11(15)16-2)4-12-10(9)13/h3-5,14H,6H2,1-2H3. The number of pyridine rings is 1. The minimum atomic E-state index is -0.429. The molecular weight excluding hydrogens is 208 g/mol. The number of esters is 1. The van der Waals surface area contributed by atoms with E-state index in [1.807, 2.05) is 11.6 Å². The van der Waals surface area contributed by atoms with Crippen molar-refractivity contribution in [3.63, 3.8) is 0 Å². The van der Waals surface area contributed by atoms with Gasteiger partial charge in [0.05, 0.1) is 19.3 Å². The maximum absolute atomic E-state index is 11.3.